The summed E-state index contributed by atoms with van der Waals surface area (Å²) in [5, 5.41) is 11.3. The van der Waals surface area contributed by atoms with Crippen LogP contribution in [0.25, 0.3) is 0 Å². The second-order valence-electron chi connectivity index (χ2n) is 11.9. The fraction of sp³-hybridized carbons (Fsp3) is 0.926. The lowest BCUT2D eigenvalue weighted by Gasteiger charge is -2.55. The third-order valence-corrected chi connectivity index (χ3v) is 8.58. The van der Waals surface area contributed by atoms with Gasteiger partial charge in [-0.15, -0.1) is 0 Å². The number of likely N-dealkylation sites (tertiary alicyclic amines) is 1. The van der Waals surface area contributed by atoms with E-state index in [-0.39, 0.29) is 5.54 Å². The van der Waals surface area contributed by atoms with Crippen LogP contribution in [0, 0.1) is 11.8 Å². The smallest absolute Gasteiger partial charge is 0.0671 e. The molecule has 0 spiro atoms. The van der Waals surface area contributed by atoms with Gasteiger partial charge in [0.1, 0.15) is 0 Å². The summed E-state index contributed by atoms with van der Waals surface area (Å²) < 4.78 is 0. The van der Waals surface area contributed by atoms with Crippen molar-refractivity contribution in [2.45, 2.75) is 121 Å². The Morgan fingerprint density at radius 3 is 2.25 bits per heavy atom. The summed E-state index contributed by atoms with van der Waals surface area (Å²) in [6.45, 7) is 8.70. The van der Waals surface area contributed by atoms with Gasteiger partial charge in [-0.3, -0.25) is 10.2 Å². The Hall–Kier alpha value is -0.620. The monoisotopic (exact) mass is 445 g/mol. The highest BCUT2D eigenvalue weighted by atomic mass is 15.3. The first-order valence-corrected chi connectivity index (χ1v) is 14.0. The summed E-state index contributed by atoms with van der Waals surface area (Å²) in [4.78, 5) is 3.05. The second-order valence-corrected chi connectivity index (χ2v) is 11.9. The van der Waals surface area contributed by atoms with E-state index in [0.717, 1.165) is 25.0 Å². The van der Waals surface area contributed by atoms with Crippen LogP contribution in [0.1, 0.15) is 97.3 Å². The normalized spacial score (nSPS) is 32.6. The van der Waals surface area contributed by atoms with Crippen LogP contribution in [-0.4, -0.2) is 54.9 Å². The quantitative estimate of drug-likeness (QED) is 0.513. The zero-order valence-corrected chi connectivity index (χ0v) is 21.0. The lowest BCUT2D eigenvalue weighted by molar-refractivity contribution is -0.0330. The summed E-state index contributed by atoms with van der Waals surface area (Å²) >= 11 is 0. The van der Waals surface area contributed by atoms with Crippen molar-refractivity contribution in [2.75, 3.05) is 26.2 Å². The summed E-state index contributed by atoms with van der Waals surface area (Å²) in [5.41, 5.74) is 7.98. The number of nitrogens with one attached hydrogen (secondary N) is 3. The Morgan fingerprint density at radius 1 is 0.938 bits per heavy atom. The van der Waals surface area contributed by atoms with Crippen LogP contribution in [0.2, 0.25) is 0 Å². The largest absolute Gasteiger partial charge is 0.391 e. The Kier molecular flexibility index (Phi) is 8.94. The number of hydrogen-bond acceptors (Lipinski definition) is 5. The van der Waals surface area contributed by atoms with E-state index in [0.29, 0.717) is 18.1 Å². The molecule has 5 heteroatoms. The van der Waals surface area contributed by atoms with Crippen molar-refractivity contribution in [2.24, 2.45) is 17.6 Å². The van der Waals surface area contributed by atoms with Crippen molar-refractivity contribution >= 4 is 0 Å². The third kappa shape index (κ3) is 6.49. The van der Waals surface area contributed by atoms with Gasteiger partial charge in [0.2, 0.25) is 0 Å². The Balaban J connectivity index is 1.63. The standard InChI is InChI=1S/C27H51N5/c1-27(2,28)20-31-26-24-14-17-30-19-22(24)18-25(21-12-15-29-16-13-21)32(26)23-10-8-6-4-3-5-7-9-11-23/h19,21,23-26,29-31H,3-18,20,28H2,1-2H3. The minimum atomic E-state index is -0.180. The zero-order chi connectivity index (χ0) is 22.4. The van der Waals surface area contributed by atoms with Crippen LogP contribution < -0.4 is 21.7 Å². The Labute approximate surface area is 197 Å². The predicted octanol–water partition coefficient (Wildman–Crippen LogP) is 4.10. The fourth-order valence-electron chi connectivity index (χ4n) is 6.91. The fourth-order valence-corrected chi connectivity index (χ4v) is 6.91. The van der Waals surface area contributed by atoms with E-state index in [4.69, 9.17) is 5.73 Å². The van der Waals surface area contributed by atoms with E-state index >= 15 is 0 Å². The highest BCUT2D eigenvalue weighted by molar-refractivity contribution is 5.19. The molecule has 3 atom stereocenters. The van der Waals surface area contributed by atoms with E-state index < -0.39 is 0 Å². The van der Waals surface area contributed by atoms with Gasteiger partial charge in [0.15, 0.2) is 0 Å². The maximum Gasteiger partial charge on any atom is 0.0671 e. The molecule has 5 nitrogen and oxygen atoms in total. The van der Waals surface area contributed by atoms with Crippen LogP contribution in [0.3, 0.4) is 0 Å². The molecule has 0 bridgehead atoms. The van der Waals surface area contributed by atoms with E-state index in [9.17, 15) is 0 Å². The van der Waals surface area contributed by atoms with Crippen LogP contribution in [0.15, 0.2) is 11.8 Å². The molecular formula is C27H51N5. The molecule has 0 aromatic heterocycles. The topological polar surface area (TPSA) is 65.3 Å². The molecular weight excluding hydrogens is 394 g/mol. The number of fused-ring (bicyclic) bond motifs is 1. The van der Waals surface area contributed by atoms with Crippen molar-refractivity contribution in [3.05, 3.63) is 11.8 Å². The molecule has 0 aromatic rings. The molecule has 0 radical (unpaired) electrons. The van der Waals surface area contributed by atoms with Crippen LogP contribution in [0.4, 0.5) is 0 Å². The van der Waals surface area contributed by atoms with E-state index in [1.54, 1.807) is 5.57 Å². The highest BCUT2D eigenvalue weighted by Crippen LogP contribution is 2.42. The van der Waals surface area contributed by atoms with Crippen LogP contribution >= 0.6 is 0 Å². The van der Waals surface area contributed by atoms with Gasteiger partial charge < -0.3 is 16.4 Å². The lowest BCUT2D eigenvalue weighted by atomic mass is 9.74. The van der Waals surface area contributed by atoms with Gasteiger partial charge in [-0.05, 0) is 83.2 Å². The van der Waals surface area contributed by atoms with Crippen molar-refractivity contribution in [1.29, 1.82) is 0 Å². The van der Waals surface area contributed by atoms with Crippen LogP contribution in [0.5, 0.6) is 0 Å². The SMILES string of the molecule is CC(C)(N)CNC1C2CCNC=C2CC(C2CCNCC2)N1C1CCCCCCCCC1. The molecule has 0 amide bonds. The molecule has 3 fully saturated rings. The molecule has 4 aliphatic rings. The Bertz CT molecular complexity index is 581. The van der Waals surface area contributed by atoms with Gasteiger partial charge in [0, 0.05) is 36.6 Å². The van der Waals surface area contributed by atoms with Gasteiger partial charge in [-0.1, -0.05) is 44.9 Å². The zero-order valence-electron chi connectivity index (χ0n) is 21.0. The number of nitrogens with two attached hydrogens (primary N) is 1. The average Bonchev–Trinajstić information content (AvgIpc) is 2.80. The molecule has 0 aromatic carbocycles. The summed E-state index contributed by atoms with van der Waals surface area (Å²) in [7, 11) is 0. The highest BCUT2D eigenvalue weighted by Gasteiger charge is 2.46. The molecule has 184 valence electrons. The molecule has 3 heterocycles. The first-order chi connectivity index (χ1) is 15.5. The average molecular weight is 446 g/mol. The molecule has 5 N–H and O–H groups in total. The van der Waals surface area contributed by atoms with Gasteiger partial charge >= 0.3 is 0 Å². The van der Waals surface area contributed by atoms with Crippen LogP contribution in [-0.2, 0) is 0 Å². The minimum absolute atomic E-state index is 0.180. The van der Waals surface area contributed by atoms with Gasteiger partial charge in [0.05, 0.1) is 6.17 Å². The summed E-state index contributed by atoms with van der Waals surface area (Å²) in [6.07, 6.45) is 20.8. The molecule has 32 heavy (non-hydrogen) atoms. The van der Waals surface area contributed by atoms with Gasteiger partial charge in [-0.2, -0.15) is 0 Å². The molecule has 1 aliphatic carbocycles. The minimum Gasteiger partial charge on any atom is -0.391 e. The lowest BCUT2D eigenvalue weighted by Crippen LogP contribution is -2.66. The molecule has 2 saturated heterocycles. The van der Waals surface area contributed by atoms with Crippen molar-refractivity contribution in [1.82, 2.24) is 20.9 Å². The molecule has 3 unspecified atom stereocenters. The molecule has 3 aliphatic heterocycles. The third-order valence-electron chi connectivity index (χ3n) is 8.58. The second kappa shape index (κ2) is 11.7. The maximum atomic E-state index is 6.49. The maximum absolute atomic E-state index is 6.49. The van der Waals surface area contributed by atoms with Gasteiger partial charge in [-0.25, -0.2) is 0 Å². The summed E-state index contributed by atoms with van der Waals surface area (Å²) in [5.74, 6) is 1.44. The number of nitrogens with zero attached hydrogens (tertiary/aromatic N) is 1. The summed E-state index contributed by atoms with van der Waals surface area (Å²) in [6, 6.07) is 1.40. The van der Waals surface area contributed by atoms with Crippen molar-refractivity contribution < 1.29 is 0 Å². The Morgan fingerprint density at radius 2 is 1.59 bits per heavy atom. The molecule has 1 saturated carbocycles. The van der Waals surface area contributed by atoms with E-state index in [2.05, 4.69) is 40.9 Å². The molecule has 4 rings (SSSR count). The van der Waals surface area contributed by atoms with E-state index in [1.165, 1.54) is 96.6 Å². The predicted molar refractivity (Wildman–Crippen MR) is 135 cm³/mol. The van der Waals surface area contributed by atoms with Gasteiger partial charge in [0.25, 0.3) is 0 Å². The first kappa shape index (κ1) is 24.5. The van der Waals surface area contributed by atoms with Crippen molar-refractivity contribution in [3.63, 3.8) is 0 Å². The number of hydrogen-bond donors (Lipinski definition) is 4. The number of rotatable bonds is 5. The van der Waals surface area contributed by atoms with E-state index in [1.807, 2.05) is 0 Å². The number of piperidine rings is 2. The van der Waals surface area contributed by atoms with Crippen molar-refractivity contribution in [3.8, 4) is 0 Å². The first-order valence-electron chi connectivity index (χ1n) is 14.0.